The summed E-state index contributed by atoms with van der Waals surface area (Å²) < 4.78 is 6.65. The average molecular weight is 225 g/mol. The van der Waals surface area contributed by atoms with E-state index in [9.17, 15) is 4.79 Å². The molecule has 7 nitrogen and oxygen atoms in total. The van der Waals surface area contributed by atoms with E-state index in [-0.39, 0.29) is 5.91 Å². The Balaban J connectivity index is 1.99. The molecular formula is C9H15N5O2. The molecule has 0 spiro atoms. The van der Waals surface area contributed by atoms with E-state index in [1.165, 1.54) is 10.9 Å². The molecule has 0 atom stereocenters. The number of aryl methyl sites for hydroxylation is 1. The predicted octanol–water partition coefficient (Wildman–Crippen LogP) is -1.02. The lowest BCUT2D eigenvalue weighted by Crippen LogP contribution is -2.48. The zero-order chi connectivity index (χ0) is 11.5. The van der Waals surface area contributed by atoms with Gasteiger partial charge in [0.1, 0.15) is 11.4 Å². The van der Waals surface area contributed by atoms with Gasteiger partial charge in [0.25, 0.3) is 5.91 Å². The maximum atomic E-state index is 11.8. The lowest BCUT2D eigenvalue weighted by Gasteiger charge is -2.26. The van der Waals surface area contributed by atoms with Gasteiger partial charge in [0, 0.05) is 20.1 Å². The van der Waals surface area contributed by atoms with Gasteiger partial charge in [-0.2, -0.15) is 5.10 Å². The fourth-order valence-electron chi connectivity index (χ4n) is 1.50. The normalized spacial score (nSPS) is 17.3. The van der Waals surface area contributed by atoms with Gasteiger partial charge in [0.15, 0.2) is 0 Å². The molecule has 0 aromatic carbocycles. The highest BCUT2D eigenvalue weighted by Crippen LogP contribution is 2.09. The largest absolute Gasteiger partial charge is 0.383 e. The van der Waals surface area contributed by atoms with Crippen LogP contribution >= 0.6 is 0 Å². The minimum atomic E-state index is -0.229. The molecular weight excluding hydrogens is 210 g/mol. The van der Waals surface area contributed by atoms with Gasteiger partial charge in [-0.15, -0.1) is 0 Å². The molecule has 7 heteroatoms. The van der Waals surface area contributed by atoms with E-state index in [1.54, 1.807) is 7.05 Å². The summed E-state index contributed by atoms with van der Waals surface area (Å²) in [5.41, 5.74) is 8.87. The van der Waals surface area contributed by atoms with Gasteiger partial charge in [0.2, 0.25) is 0 Å². The van der Waals surface area contributed by atoms with Crippen molar-refractivity contribution in [3.63, 3.8) is 0 Å². The first-order valence-electron chi connectivity index (χ1n) is 5.09. The monoisotopic (exact) mass is 225 g/mol. The molecule has 1 aromatic heterocycles. The Hall–Kier alpha value is -1.60. The summed E-state index contributed by atoms with van der Waals surface area (Å²) in [6.07, 6.45) is 1.46. The van der Waals surface area contributed by atoms with Crippen molar-refractivity contribution in [3.05, 3.63) is 11.8 Å². The smallest absolute Gasteiger partial charge is 0.270 e. The Morgan fingerprint density at radius 2 is 2.25 bits per heavy atom. The van der Waals surface area contributed by atoms with Gasteiger partial charge >= 0.3 is 0 Å². The number of anilines is 1. The maximum absolute atomic E-state index is 11.8. The highest BCUT2D eigenvalue weighted by atomic mass is 16.5. The molecule has 3 N–H and O–H groups in total. The van der Waals surface area contributed by atoms with Crippen molar-refractivity contribution in [1.29, 1.82) is 0 Å². The zero-order valence-corrected chi connectivity index (χ0v) is 9.14. The molecule has 1 aliphatic rings. The van der Waals surface area contributed by atoms with E-state index in [0.717, 1.165) is 0 Å². The average Bonchev–Trinajstić information content (AvgIpc) is 2.61. The fraction of sp³-hybridized carbons (Fsp3) is 0.556. The third-order valence-corrected chi connectivity index (χ3v) is 2.50. The molecule has 0 bridgehead atoms. The Morgan fingerprint density at radius 1 is 1.56 bits per heavy atom. The van der Waals surface area contributed by atoms with Gasteiger partial charge in [0.05, 0.1) is 19.4 Å². The van der Waals surface area contributed by atoms with Crippen LogP contribution in [0.4, 0.5) is 5.82 Å². The molecule has 88 valence electrons. The van der Waals surface area contributed by atoms with Crippen LogP contribution in [0.25, 0.3) is 0 Å². The lowest BCUT2D eigenvalue weighted by molar-refractivity contribution is 0.0126. The van der Waals surface area contributed by atoms with E-state index in [4.69, 9.17) is 10.5 Å². The second-order valence-corrected chi connectivity index (χ2v) is 3.61. The molecule has 0 radical (unpaired) electrons. The number of nitrogens with zero attached hydrogens (tertiary/aromatic N) is 3. The first-order chi connectivity index (χ1) is 7.68. The third kappa shape index (κ3) is 2.15. The molecule has 16 heavy (non-hydrogen) atoms. The van der Waals surface area contributed by atoms with E-state index in [1.807, 2.05) is 5.01 Å². The van der Waals surface area contributed by atoms with Crippen LogP contribution in [0.3, 0.4) is 0 Å². The van der Waals surface area contributed by atoms with Crippen LogP contribution in [0.15, 0.2) is 6.20 Å². The minimum Gasteiger partial charge on any atom is -0.383 e. The molecule has 0 aliphatic carbocycles. The number of hydrazine groups is 1. The lowest BCUT2D eigenvalue weighted by atomic mass is 10.3. The number of nitrogens with two attached hydrogens (primary N) is 1. The highest BCUT2D eigenvalue weighted by Gasteiger charge is 2.17. The number of hydrogen-bond donors (Lipinski definition) is 2. The number of morpholine rings is 1. The predicted molar refractivity (Wildman–Crippen MR) is 57.5 cm³/mol. The van der Waals surface area contributed by atoms with Crippen LogP contribution in [0.1, 0.15) is 10.4 Å². The first kappa shape index (κ1) is 10.9. The third-order valence-electron chi connectivity index (χ3n) is 2.50. The molecule has 1 fully saturated rings. The van der Waals surface area contributed by atoms with Crippen molar-refractivity contribution in [2.24, 2.45) is 7.05 Å². The van der Waals surface area contributed by atoms with Crippen molar-refractivity contribution in [2.75, 3.05) is 32.0 Å². The van der Waals surface area contributed by atoms with Crippen LogP contribution < -0.4 is 11.2 Å². The number of aromatic nitrogens is 2. The number of nitrogens with one attached hydrogen (secondary N) is 1. The summed E-state index contributed by atoms with van der Waals surface area (Å²) in [7, 11) is 1.70. The fourth-order valence-corrected chi connectivity index (χ4v) is 1.50. The number of hydrogen-bond acceptors (Lipinski definition) is 5. The summed E-state index contributed by atoms with van der Waals surface area (Å²) in [6.45, 7) is 2.63. The number of carbonyl (C=O) groups is 1. The maximum Gasteiger partial charge on any atom is 0.270 e. The van der Waals surface area contributed by atoms with Gasteiger partial charge < -0.3 is 10.5 Å². The Labute approximate surface area is 93.1 Å². The van der Waals surface area contributed by atoms with Crippen molar-refractivity contribution < 1.29 is 9.53 Å². The number of carbonyl (C=O) groups excluding carboxylic acids is 1. The SMILES string of the molecule is Cn1ncc(C(=O)NN2CCOCC2)c1N. The summed E-state index contributed by atoms with van der Waals surface area (Å²) in [5, 5.41) is 5.74. The molecule has 2 heterocycles. The van der Waals surface area contributed by atoms with Crippen molar-refractivity contribution in [3.8, 4) is 0 Å². The molecule has 1 aromatic rings. The van der Waals surface area contributed by atoms with E-state index in [0.29, 0.717) is 37.7 Å². The van der Waals surface area contributed by atoms with Crippen LogP contribution in [-0.4, -0.2) is 47.0 Å². The minimum absolute atomic E-state index is 0.229. The van der Waals surface area contributed by atoms with Gasteiger partial charge in [-0.1, -0.05) is 0 Å². The van der Waals surface area contributed by atoms with E-state index in [2.05, 4.69) is 10.5 Å². The molecule has 1 saturated heterocycles. The van der Waals surface area contributed by atoms with E-state index >= 15 is 0 Å². The number of ether oxygens (including phenoxy) is 1. The Bertz CT molecular complexity index is 383. The molecule has 1 amide bonds. The van der Waals surface area contributed by atoms with Crippen LogP contribution in [0.2, 0.25) is 0 Å². The van der Waals surface area contributed by atoms with Crippen molar-refractivity contribution >= 4 is 11.7 Å². The zero-order valence-electron chi connectivity index (χ0n) is 9.14. The van der Waals surface area contributed by atoms with Crippen molar-refractivity contribution in [2.45, 2.75) is 0 Å². The number of nitrogen functional groups attached to an aromatic ring is 1. The molecule has 2 rings (SSSR count). The highest BCUT2D eigenvalue weighted by molar-refractivity contribution is 5.97. The van der Waals surface area contributed by atoms with Crippen molar-refractivity contribution in [1.82, 2.24) is 20.2 Å². The molecule has 0 unspecified atom stereocenters. The summed E-state index contributed by atoms with van der Waals surface area (Å²) in [5.74, 6) is 0.137. The summed E-state index contributed by atoms with van der Waals surface area (Å²) >= 11 is 0. The molecule has 0 saturated carbocycles. The number of rotatable bonds is 2. The Morgan fingerprint density at radius 3 is 2.81 bits per heavy atom. The standard InChI is InChI=1S/C9H15N5O2/c1-13-8(10)7(6-11-13)9(15)12-14-2-4-16-5-3-14/h6H,2-5,10H2,1H3,(H,12,15). The van der Waals surface area contributed by atoms with E-state index < -0.39 is 0 Å². The van der Waals surface area contributed by atoms with Gasteiger partial charge in [-0.05, 0) is 0 Å². The van der Waals surface area contributed by atoms with Crippen LogP contribution in [-0.2, 0) is 11.8 Å². The first-order valence-corrected chi connectivity index (χ1v) is 5.09. The topological polar surface area (TPSA) is 85.4 Å². The Kier molecular flexibility index (Phi) is 3.07. The molecule has 1 aliphatic heterocycles. The summed E-state index contributed by atoms with van der Waals surface area (Å²) in [4.78, 5) is 11.8. The second kappa shape index (κ2) is 4.50. The van der Waals surface area contributed by atoms with Crippen LogP contribution in [0.5, 0.6) is 0 Å². The van der Waals surface area contributed by atoms with Gasteiger partial charge in [-0.3, -0.25) is 14.9 Å². The van der Waals surface area contributed by atoms with Gasteiger partial charge in [-0.25, -0.2) is 5.01 Å². The van der Waals surface area contributed by atoms with Crippen LogP contribution in [0, 0.1) is 0 Å². The second-order valence-electron chi connectivity index (χ2n) is 3.61. The number of amides is 1. The summed E-state index contributed by atoms with van der Waals surface area (Å²) in [6, 6.07) is 0. The quantitative estimate of drug-likeness (QED) is 0.673.